The maximum atomic E-state index is 10.8. The van der Waals surface area contributed by atoms with Crippen LogP contribution in [0.2, 0.25) is 0 Å². The number of carbonyl (C=O) groups is 1. The number of fused-ring (bicyclic) bond motifs is 1. The van der Waals surface area contributed by atoms with Gasteiger partial charge in [-0.3, -0.25) is 0 Å². The van der Waals surface area contributed by atoms with Gasteiger partial charge in [0, 0.05) is 17.0 Å². The van der Waals surface area contributed by atoms with Gasteiger partial charge in [0.1, 0.15) is 0 Å². The molecule has 5 heteroatoms. The zero-order chi connectivity index (χ0) is 14.5. The first-order valence-electron chi connectivity index (χ1n) is 6.70. The molecule has 1 N–H and O–H groups in total. The molecule has 0 spiro atoms. The summed E-state index contributed by atoms with van der Waals surface area (Å²) in [4.78, 5) is 13.6. The Kier molecular flexibility index (Phi) is 4.50. The summed E-state index contributed by atoms with van der Waals surface area (Å²) in [5.41, 5.74) is 0.729. The Hall–Kier alpha value is -2.17. The molecule has 2 aromatic rings. The maximum Gasteiger partial charge on any atom is 0.162 e. The third-order valence-corrected chi connectivity index (χ3v) is 3.13. The number of ether oxygens (including phenoxy) is 2. The van der Waals surface area contributed by atoms with Crippen LogP contribution in [0.5, 0.6) is 11.5 Å². The van der Waals surface area contributed by atoms with Gasteiger partial charge >= 0.3 is 0 Å². The van der Waals surface area contributed by atoms with E-state index < -0.39 is 5.97 Å². The largest absolute Gasteiger partial charge is 0.543 e. The number of carbonyl (C=O) groups excluding carboxylic acids is 1. The predicted octanol–water partition coefficient (Wildman–Crippen LogP) is 2.11. The van der Waals surface area contributed by atoms with Crippen molar-refractivity contribution in [1.82, 2.24) is 4.98 Å². The van der Waals surface area contributed by atoms with Gasteiger partial charge in [0.05, 0.1) is 25.4 Å². The third-order valence-electron chi connectivity index (χ3n) is 3.13. The molecule has 0 amide bonds. The lowest BCUT2D eigenvalue weighted by molar-refractivity contribution is -0.255. The number of aromatic carboxylic acids is 1. The molecule has 0 fully saturated rings. The van der Waals surface area contributed by atoms with Gasteiger partial charge in [-0.05, 0) is 18.6 Å². The van der Waals surface area contributed by atoms with Crippen LogP contribution >= 0.6 is 0 Å². The number of benzene rings is 1. The minimum absolute atomic E-state index is 0.0465. The van der Waals surface area contributed by atoms with Crippen LogP contribution in [0.3, 0.4) is 0 Å². The van der Waals surface area contributed by atoms with Crippen LogP contribution in [0.15, 0.2) is 18.2 Å². The number of hydrogen-bond donors (Lipinski definition) is 1. The molecule has 0 bridgehead atoms. The summed E-state index contributed by atoms with van der Waals surface area (Å²) >= 11 is 0. The average molecular weight is 276 g/mol. The van der Waals surface area contributed by atoms with Crippen LogP contribution in [0, 0.1) is 0 Å². The highest BCUT2D eigenvalue weighted by molar-refractivity contribution is 5.94. The monoisotopic (exact) mass is 276 g/mol. The van der Waals surface area contributed by atoms with Gasteiger partial charge in [0.25, 0.3) is 0 Å². The van der Waals surface area contributed by atoms with E-state index in [1.807, 2.05) is 0 Å². The van der Waals surface area contributed by atoms with Gasteiger partial charge in [-0.15, -0.1) is 0 Å². The Bertz CT molecular complexity index is 603. The maximum absolute atomic E-state index is 10.8. The van der Waals surface area contributed by atoms with Gasteiger partial charge in [-0.2, -0.15) is 0 Å². The van der Waals surface area contributed by atoms with Crippen LogP contribution < -0.4 is 14.6 Å². The second-order valence-electron chi connectivity index (χ2n) is 4.62. The van der Waals surface area contributed by atoms with Crippen molar-refractivity contribution in [2.75, 3.05) is 13.7 Å². The Labute approximate surface area is 117 Å². The summed E-state index contributed by atoms with van der Waals surface area (Å²) in [6.45, 7) is 2.75. The number of carboxylic acid groups (broad SMARTS) is 1. The third kappa shape index (κ3) is 3.04. The van der Waals surface area contributed by atoms with Gasteiger partial charge in [-0.25, -0.2) is 0 Å². The number of carboxylic acids is 1. The van der Waals surface area contributed by atoms with Crippen molar-refractivity contribution in [2.45, 2.75) is 26.2 Å². The number of methoxy groups -OCH3 is 1. The lowest BCUT2D eigenvalue weighted by Gasteiger charge is -2.10. The highest BCUT2D eigenvalue weighted by Gasteiger charge is 2.09. The van der Waals surface area contributed by atoms with Gasteiger partial charge < -0.3 is 24.4 Å². The SMILES string of the molecule is CCCCCOc1cc2cc(C(=O)[O-])[nH]c2cc1OC. The Morgan fingerprint density at radius 2 is 2.05 bits per heavy atom. The highest BCUT2D eigenvalue weighted by Crippen LogP contribution is 2.32. The fourth-order valence-electron chi connectivity index (χ4n) is 2.06. The van der Waals surface area contributed by atoms with Gasteiger partial charge in [-0.1, -0.05) is 19.8 Å². The van der Waals surface area contributed by atoms with Crippen molar-refractivity contribution >= 4 is 16.9 Å². The molecular weight excluding hydrogens is 258 g/mol. The zero-order valence-electron chi connectivity index (χ0n) is 11.7. The van der Waals surface area contributed by atoms with Crippen molar-refractivity contribution < 1.29 is 19.4 Å². The summed E-state index contributed by atoms with van der Waals surface area (Å²) in [6, 6.07) is 5.04. The fraction of sp³-hybridized carbons (Fsp3) is 0.400. The molecule has 1 aromatic heterocycles. The fourth-order valence-corrected chi connectivity index (χ4v) is 2.06. The molecule has 0 aliphatic rings. The number of H-pyrrole nitrogens is 1. The number of nitrogens with one attached hydrogen (secondary N) is 1. The van der Waals surface area contributed by atoms with Crippen molar-refractivity contribution in [3.8, 4) is 11.5 Å². The number of rotatable bonds is 7. The van der Waals surface area contributed by atoms with E-state index in [0.717, 1.165) is 24.6 Å². The number of aromatic nitrogens is 1. The summed E-state index contributed by atoms with van der Waals surface area (Å²) in [5, 5.41) is 11.6. The van der Waals surface area contributed by atoms with Crippen molar-refractivity contribution in [2.24, 2.45) is 0 Å². The molecule has 0 aliphatic carbocycles. The average Bonchev–Trinajstić information content (AvgIpc) is 2.85. The Morgan fingerprint density at radius 3 is 2.70 bits per heavy atom. The van der Waals surface area contributed by atoms with E-state index in [-0.39, 0.29) is 5.69 Å². The topological polar surface area (TPSA) is 74.4 Å². The molecule has 2 rings (SSSR count). The molecule has 0 aliphatic heterocycles. The van der Waals surface area contributed by atoms with E-state index in [1.165, 1.54) is 6.07 Å². The first-order chi connectivity index (χ1) is 9.65. The zero-order valence-corrected chi connectivity index (χ0v) is 11.7. The van der Waals surface area contributed by atoms with Gasteiger partial charge in [0.2, 0.25) is 0 Å². The summed E-state index contributed by atoms with van der Waals surface area (Å²) in [5.74, 6) is -0.0219. The minimum atomic E-state index is -1.23. The lowest BCUT2D eigenvalue weighted by Crippen LogP contribution is -2.22. The molecule has 1 aromatic carbocycles. The molecule has 0 atom stereocenters. The van der Waals surface area contributed by atoms with E-state index in [2.05, 4.69) is 11.9 Å². The lowest BCUT2D eigenvalue weighted by atomic mass is 10.2. The van der Waals surface area contributed by atoms with Crippen LogP contribution in [0.25, 0.3) is 10.9 Å². The normalized spacial score (nSPS) is 10.7. The molecule has 0 unspecified atom stereocenters. The van der Waals surface area contributed by atoms with Crippen LogP contribution in [0.4, 0.5) is 0 Å². The van der Waals surface area contributed by atoms with Crippen molar-refractivity contribution in [1.29, 1.82) is 0 Å². The highest BCUT2D eigenvalue weighted by atomic mass is 16.5. The molecular formula is C15H18NO4-. The summed E-state index contributed by atoms with van der Waals surface area (Å²) < 4.78 is 11.0. The molecule has 0 saturated carbocycles. The van der Waals surface area contributed by atoms with Gasteiger partial charge in [0.15, 0.2) is 11.5 Å². The van der Waals surface area contributed by atoms with Crippen LogP contribution in [0.1, 0.15) is 36.7 Å². The number of hydrogen-bond acceptors (Lipinski definition) is 4. The Morgan fingerprint density at radius 1 is 1.25 bits per heavy atom. The Balaban J connectivity index is 2.25. The molecule has 0 saturated heterocycles. The van der Waals surface area contributed by atoms with E-state index in [1.54, 1.807) is 19.2 Å². The van der Waals surface area contributed by atoms with Crippen molar-refractivity contribution in [3.63, 3.8) is 0 Å². The molecule has 1 heterocycles. The standard InChI is InChI=1S/C15H19NO4/c1-3-4-5-6-20-14-8-10-7-12(15(17)18)16-11(10)9-13(14)19-2/h7-9,16H,3-6H2,1-2H3,(H,17,18)/p-1. The quantitative estimate of drug-likeness (QED) is 0.786. The van der Waals surface area contributed by atoms with E-state index in [0.29, 0.717) is 23.6 Å². The van der Waals surface area contributed by atoms with E-state index in [9.17, 15) is 9.90 Å². The summed E-state index contributed by atoms with van der Waals surface area (Å²) in [7, 11) is 1.56. The summed E-state index contributed by atoms with van der Waals surface area (Å²) in [6.07, 6.45) is 3.23. The second-order valence-corrected chi connectivity index (χ2v) is 4.62. The van der Waals surface area contributed by atoms with Crippen LogP contribution in [-0.4, -0.2) is 24.7 Å². The smallest absolute Gasteiger partial charge is 0.162 e. The first kappa shape index (κ1) is 14.2. The molecule has 0 radical (unpaired) electrons. The van der Waals surface area contributed by atoms with E-state index in [4.69, 9.17) is 9.47 Å². The van der Waals surface area contributed by atoms with Crippen molar-refractivity contribution in [3.05, 3.63) is 23.9 Å². The predicted molar refractivity (Wildman–Crippen MR) is 74.2 cm³/mol. The molecule has 20 heavy (non-hydrogen) atoms. The van der Waals surface area contributed by atoms with Crippen LogP contribution in [-0.2, 0) is 0 Å². The molecule has 108 valence electrons. The molecule has 5 nitrogen and oxygen atoms in total. The van der Waals surface area contributed by atoms with E-state index >= 15 is 0 Å². The number of aromatic amines is 1. The number of unbranched alkanes of at least 4 members (excludes halogenated alkanes) is 2. The first-order valence-corrected chi connectivity index (χ1v) is 6.70. The second kappa shape index (κ2) is 6.32. The minimum Gasteiger partial charge on any atom is -0.543 e.